The average Bonchev–Trinajstić information content (AvgIpc) is 2.20. The van der Waals surface area contributed by atoms with Crippen LogP contribution in [0.2, 0.25) is 13.3 Å². The molecule has 0 radical (unpaired) electrons. The van der Waals surface area contributed by atoms with Crippen LogP contribution in [0.25, 0.3) is 0 Å². The Morgan fingerprint density at radius 1 is 1.06 bits per heavy atom. The van der Waals surface area contributed by atoms with Crippen molar-refractivity contribution in [3.63, 3.8) is 0 Å². The second-order valence-electron chi connectivity index (χ2n) is 4.05. The van der Waals surface area contributed by atoms with Crippen LogP contribution in [0.15, 0.2) is 0 Å². The van der Waals surface area contributed by atoms with E-state index >= 15 is 0 Å². The van der Waals surface area contributed by atoms with Gasteiger partial charge in [-0.15, -0.1) is 0 Å². The molecule has 16 heavy (non-hydrogen) atoms. The zero-order valence-corrected chi connectivity index (χ0v) is 14.5. The number of carbonyl (C=O) groups is 1. The maximum atomic E-state index is 10.7. The van der Waals surface area contributed by atoms with Crippen molar-refractivity contribution in [3.05, 3.63) is 0 Å². The maximum Gasteiger partial charge on any atom is -1.00 e. The van der Waals surface area contributed by atoms with Crippen LogP contribution in [0.3, 0.4) is 0 Å². The van der Waals surface area contributed by atoms with Gasteiger partial charge >= 0.3 is 102 Å². The monoisotopic (exact) mass is 356 g/mol. The van der Waals surface area contributed by atoms with E-state index in [0.29, 0.717) is 6.61 Å². The molecule has 0 heterocycles. The minimum absolute atomic E-state index is 0. The first-order valence-corrected chi connectivity index (χ1v) is 12.2. The van der Waals surface area contributed by atoms with Crippen LogP contribution >= 0.6 is 0 Å². The summed E-state index contributed by atoms with van der Waals surface area (Å²) >= 11 is -1.17. The summed E-state index contributed by atoms with van der Waals surface area (Å²) in [4.78, 5) is 10.7. The van der Waals surface area contributed by atoms with E-state index in [1.165, 1.54) is 45.9 Å². The summed E-state index contributed by atoms with van der Waals surface area (Å²) in [6.45, 7) is 6.71. The molecule has 96 valence electrons. The van der Waals surface area contributed by atoms with E-state index < -0.39 is 19.8 Å². The van der Waals surface area contributed by atoms with Crippen molar-refractivity contribution in [1.82, 2.24) is 0 Å². The number of halogens is 1. The molecule has 2 nitrogen and oxygen atoms in total. The van der Waals surface area contributed by atoms with Crippen molar-refractivity contribution in [3.8, 4) is 0 Å². The van der Waals surface area contributed by atoms with Crippen LogP contribution in [0.1, 0.15) is 46.5 Å². The molecule has 4 heteroatoms. The second-order valence-corrected chi connectivity index (χ2v) is 12.6. The van der Waals surface area contributed by atoms with E-state index in [0.717, 1.165) is 0 Å². The molecule has 0 bridgehead atoms. The van der Waals surface area contributed by atoms with Gasteiger partial charge in [0.2, 0.25) is 0 Å². The largest absolute Gasteiger partial charge is 1.00 e. The molecule has 0 N–H and O–H groups in total. The molecule has 0 amide bonds. The second kappa shape index (κ2) is 13.6. The molecular formula is C12H25ClO2Sn. The van der Waals surface area contributed by atoms with Gasteiger partial charge in [-0.25, -0.2) is 0 Å². The Kier molecular flexibility index (Phi) is 16.1. The minimum Gasteiger partial charge on any atom is -1.00 e. The summed E-state index contributed by atoms with van der Waals surface area (Å²) < 4.78 is 9.25. The molecule has 0 aromatic carbocycles. The van der Waals surface area contributed by atoms with Crippen LogP contribution in [-0.2, 0) is 9.53 Å². The van der Waals surface area contributed by atoms with Crippen molar-refractivity contribution in [1.29, 1.82) is 0 Å². The molecule has 0 aliphatic carbocycles. The van der Waals surface area contributed by atoms with Gasteiger partial charge in [0.15, 0.2) is 0 Å². The van der Waals surface area contributed by atoms with Gasteiger partial charge in [0.1, 0.15) is 0 Å². The number of hydrogen-bond donors (Lipinski definition) is 0. The van der Waals surface area contributed by atoms with Crippen molar-refractivity contribution in [2.24, 2.45) is 0 Å². The van der Waals surface area contributed by atoms with Crippen LogP contribution in [0.4, 0.5) is 0 Å². The third kappa shape index (κ3) is 12.6. The van der Waals surface area contributed by atoms with Gasteiger partial charge in [0, 0.05) is 0 Å². The van der Waals surface area contributed by atoms with Gasteiger partial charge in [-0.2, -0.15) is 0 Å². The first-order valence-electron chi connectivity index (χ1n) is 6.17. The topological polar surface area (TPSA) is 26.3 Å². The summed E-state index contributed by atoms with van der Waals surface area (Å²) in [5.41, 5.74) is 0. The molecule has 0 unspecified atom stereocenters. The number of unbranched alkanes of at least 4 members (excludes halogenated alkanes) is 2. The Balaban J connectivity index is 0. The predicted molar refractivity (Wildman–Crippen MR) is 66.6 cm³/mol. The quantitative estimate of drug-likeness (QED) is 0.448. The zero-order chi connectivity index (χ0) is 11.5. The fourth-order valence-electron chi connectivity index (χ4n) is 1.57. The Labute approximate surface area is 114 Å². The van der Waals surface area contributed by atoms with Crippen LogP contribution in [-0.4, -0.2) is 32.3 Å². The molecular weight excluding hydrogens is 330 g/mol. The summed E-state index contributed by atoms with van der Waals surface area (Å²) in [7, 11) is 0. The van der Waals surface area contributed by atoms with Crippen LogP contribution < -0.4 is 12.4 Å². The van der Waals surface area contributed by atoms with Crippen LogP contribution in [0, 0.1) is 0 Å². The van der Waals surface area contributed by atoms with Gasteiger partial charge in [-0.3, -0.25) is 0 Å². The number of esters is 1. The normalized spacial score (nSPS) is 9.44. The Hall–Kier alpha value is 0.559. The summed E-state index contributed by atoms with van der Waals surface area (Å²) in [6, 6.07) is 0. The molecule has 0 rings (SSSR count). The molecule has 0 aromatic heterocycles. The number of ether oxygens (including phenoxy) is 1. The molecule has 0 aliphatic heterocycles. The Morgan fingerprint density at radius 3 is 1.94 bits per heavy atom. The van der Waals surface area contributed by atoms with Crippen LogP contribution in [0.5, 0.6) is 0 Å². The van der Waals surface area contributed by atoms with Gasteiger partial charge in [0.25, 0.3) is 0 Å². The molecule has 0 saturated heterocycles. The minimum atomic E-state index is -1.17. The third-order valence-corrected chi connectivity index (χ3v) is 11.2. The van der Waals surface area contributed by atoms with Gasteiger partial charge in [-0.1, -0.05) is 0 Å². The molecule has 0 spiro atoms. The molecule has 0 aliphatic rings. The van der Waals surface area contributed by atoms with Crippen molar-refractivity contribution in [2.75, 3.05) is 6.61 Å². The smallest absolute Gasteiger partial charge is 1.00 e. The number of carbonyl (C=O) groups excluding carboxylic acids is 1. The van der Waals surface area contributed by atoms with Gasteiger partial charge in [0.05, 0.1) is 0 Å². The fraction of sp³-hybridized carbons (Fsp3) is 0.917. The fourth-order valence-corrected chi connectivity index (χ4v) is 9.70. The first-order chi connectivity index (χ1) is 7.20. The molecule has 0 aromatic rings. The SMILES string of the molecule is CCC[CH2][Sn+]([CH2]CCC)[CH2]COC(C)=O.[Cl-]. The Bertz CT molecular complexity index is 157. The zero-order valence-electron chi connectivity index (χ0n) is 10.9. The molecule has 0 saturated carbocycles. The number of hydrogen-bond acceptors (Lipinski definition) is 2. The predicted octanol–water partition coefficient (Wildman–Crippen LogP) is 0.649. The van der Waals surface area contributed by atoms with E-state index in [-0.39, 0.29) is 18.4 Å². The number of rotatable bonds is 9. The van der Waals surface area contributed by atoms with Crippen molar-refractivity contribution >= 4 is 25.7 Å². The van der Waals surface area contributed by atoms with E-state index in [2.05, 4.69) is 13.8 Å². The van der Waals surface area contributed by atoms with Gasteiger partial charge in [-0.05, 0) is 0 Å². The van der Waals surface area contributed by atoms with E-state index in [1.807, 2.05) is 0 Å². The van der Waals surface area contributed by atoms with Crippen molar-refractivity contribution in [2.45, 2.75) is 59.8 Å². The maximum absolute atomic E-state index is 10.7. The first kappa shape index (κ1) is 18.9. The van der Waals surface area contributed by atoms with Crippen molar-refractivity contribution < 1.29 is 21.9 Å². The summed E-state index contributed by atoms with van der Waals surface area (Å²) in [5, 5.41) is 0. The average molecular weight is 355 g/mol. The molecule has 0 fully saturated rings. The van der Waals surface area contributed by atoms with E-state index in [9.17, 15) is 4.79 Å². The summed E-state index contributed by atoms with van der Waals surface area (Å²) in [5.74, 6) is -0.122. The van der Waals surface area contributed by atoms with Gasteiger partial charge < -0.3 is 12.4 Å². The van der Waals surface area contributed by atoms with E-state index in [4.69, 9.17) is 4.74 Å². The molecule has 0 atom stereocenters. The third-order valence-electron chi connectivity index (χ3n) is 2.53. The summed E-state index contributed by atoms with van der Waals surface area (Å²) in [6.07, 6.45) is 5.39. The Morgan fingerprint density at radius 2 is 1.56 bits per heavy atom. The standard InChI is InChI=1S/C4H7O2.2C4H9.ClH.Sn/c1-3-6-4(2)5;2*1-3-4-2;;/h1,3H2,2H3;2*1,3-4H2,2H3;1H;/q;;;;+1/p-1. The van der Waals surface area contributed by atoms with E-state index in [1.54, 1.807) is 0 Å².